The molecular weight excluding hydrogens is 228 g/mol. The van der Waals surface area contributed by atoms with Crippen LogP contribution < -0.4 is 5.32 Å². The fraction of sp³-hybridized carbons (Fsp3) is 0.700. The number of thioether (sulfide) groups is 1. The van der Waals surface area contributed by atoms with Crippen LogP contribution in [0.4, 0.5) is 0 Å². The molecule has 6 heteroatoms. The van der Waals surface area contributed by atoms with Crippen molar-refractivity contribution >= 4 is 16.9 Å². The van der Waals surface area contributed by atoms with Gasteiger partial charge in [0, 0.05) is 6.54 Å². The van der Waals surface area contributed by atoms with Crippen molar-refractivity contribution < 1.29 is 14.9 Å². The van der Waals surface area contributed by atoms with Gasteiger partial charge in [0.1, 0.15) is 29.8 Å². The first-order valence-electron chi connectivity index (χ1n) is 5.30. The molecule has 0 aromatic carbocycles. The van der Waals surface area contributed by atoms with E-state index >= 15 is 0 Å². The minimum absolute atomic E-state index is 0.240. The average molecular weight is 244 g/mol. The van der Waals surface area contributed by atoms with Crippen molar-refractivity contribution in [3.05, 3.63) is 12.7 Å². The van der Waals surface area contributed by atoms with Crippen molar-refractivity contribution in [2.45, 2.75) is 36.7 Å². The summed E-state index contributed by atoms with van der Waals surface area (Å²) in [6.07, 6.45) is -0.870. The van der Waals surface area contributed by atoms with Crippen molar-refractivity contribution in [3.63, 3.8) is 0 Å². The molecule has 0 bridgehead atoms. The highest BCUT2D eigenvalue weighted by Crippen LogP contribution is 2.35. The van der Waals surface area contributed by atoms with Crippen molar-refractivity contribution in [3.8, 4) is 0 Å². The molecule has 0 saturated carbocycles. The Labute approximate surface area is 98.6 Å². The van der Waals surface area contributed by atoms with E-state index in [2.05, 4.69) is 16.9 Å². The van der Waals surface area contributed by atoms with Crippen molar-refractivity contribution in [1.29, 1.82) is 0 Å². The van der Waals surface area contributed by atoms with Gasteiger partial charge in [0.2, 0.25) is 0 Å². The molecule has 5 nitrogen and oxygen atoms in total. The van der Waals surface area contributed by atoms with E-state index in [-0.39, 0.29) is 5.44 Å². The van der Waals surface area contributed by atoms with Gasteiger partial charge in [-0.3, -0.25) is 4.99 Å². The van der Waals surface area contributed by atoms with Crippen molar-refractivity contribution in [2.75, 3.05) is 6.54 Å². The number of amidine groups is 1. The number of rotatable bonds is 2. The molecule has 0 aromatic rings. The van der Waals surface area contributed by atoms with E-state index in [1.807, 2.05) is 6.92 Å². The van der Waals surface area contributed by atoms with Crippen LogP contribution >= 0.6 is 11.8 Å². The maximum absolute atomic E-state index is 9.91. The van der Waals surface area contributed by atoms with E-state index in [1.165, 1.54) is 17.8 Å². The first-order valence-corrected chi connectivity index (χ1v) is 6.17. The molecule has 2 heterocycles. The Morgan fingerprint density at radius 3 is 2.94 bits per heavy atom. The molecule has 0 aliphatic carbocycles. The highest BCUT2D eigenvalue weighted by molar-refractivity contribution is 8.14. The van der Waals surface area contributed by atoms with Crippen LogP contribution in [-0.4, -0.2) is 51.7 Å². The molecule has 2 aliphatic heterocycles. The maximum Gasteiger partial charge on any atom is 0.159 e. The Hall–Kier alpha value is -0.560. The van der Waals surface area contributed by atoms with E-state index in [1.54, 1.807) is 0 Å². The van der Waals surface area contributed by atoms with Gasteiger partial charge in [0.15, 0.2) is 5.17 Å². The average Bonchev–Trinajstić information content (AvgIpc) is 2.67. The summed E-state index contributed by atoms with van der Waals surface area (Å²) >= 11 is 1.44. The SMILES string of the molecule is C=CC1OC2SC(NCC)=NC2C(O)C1O. The van der Waals surface area contributed by atoms with Gasteiger partial charge in [-0.15, -0.1) is 6.58 Å². The van der Waals surface area contributed by atoms with Gasteiger partial charge in [0.25, 0.3) is 0 Å². The van der Waals surface area contributed by atoms with Crippen LogP contribution in [0.3, 0.4) is 0 Å². The molecule has 0 radical (unpaired) electrons. The third kappa shape index (κ3) is 1.98. The normalized spacial score (nSPS) is 42.4. The molecule has 2 aliphatic rings. The Morgan fingerprint density at radius 2 is 2.31 bits per heavy atom. The zero-order valence-electron chi connectivity index (χ0n) is 9.04. The zero-order valence-corrected chi connectivity index (χ0v) is 9.85. The van der Waals surface area contributed by atoms with Crippen molar-refractivity contribution in [2.24, 2.45) is 4.99 Å². The smallest absolute Gasteiger partial charge is 0.159 e. The summed E-state index contributed by atoms with van der Waals surface area (Å²) in [5, 5.41) is 23.5. The number of fused-ring (bicyclic) bond motifs is 1. The van der Waals surface area contributed by atoms with E-state index in [0.29, 0.717) is 0 Å². The number of aliphatic hydroxyl groups excluding tert-OH is 2. The van der Waals surface area contributed by atoms with Crippen LogP contribution in [0.1, 0.15) is 6.92 Å². The van der Waals surface area contributed by atoms with Crippen LogP contribution in [0.2, 0.25) is 0 Å². The van der Waals surface area contributed by atoms with Crippen molar-refractivity contribution in [1.82, 2.24) is 5.32 Å². The molecule has 90 valence electrons. The monoisotopic (exact) mass is 244 g/mol. The predicted molar refractivity (Wildman–Crippen MR) is 63.4 cm³/mol. The van der Waals surface area contributed by atoms with Gasteiger partial charge >= 0.3 is 0 Å². The molecule has 1 saturated heterocycles. The molecule has 5 unspecified atom stereocenters. The summed E-state index contributed by atoms with van der Waals surface area (Å²) in [4.78, 5) is 4.30. The van der Waals surface area contributed by atoms with Crippen LogP contribution in [0.15, 0.2) is 17.6 Å². The highest BCUT2D eigenvalue weighted by atomic mass is 32.2. The number of ether oxygens (including phenoxy) is 1. The fourth-order valence-corrected chi connectivity index (χ4v) is 2.99. The summed E-state index contributed by atoms with van der Waals surface area (Å²) in [7, 11) is 0. The van der Waals surface area contributed by atoms with Gasteiger partial charge in [-0.05, 0) is 6.92 Å². The molecule has 0 aromatic heterocycles. The quantitative estimate of drug-likeness (QED) is 0.582. The second-order valence-electron chi connectivity index (χ2n) is 3.76. The first kappa shape index (κ1) is 11.9. The second kappa shape index (κ2) is 4.75. The zero-order chi connectivity index (χ0) is 11.7. The lowest BCUT2D eigenvalue weighted by Crippen LogP contribution is -2.53. The fourth-order valence-electron chi connectivity index (χ4n) is 1.82. The molecule has 3 N–H and O–H groups in total. The Morgan fingerprint density at radius 1 is 1.56 bits per heavy atom. The van der Waals surface area contributed by atoms with E-state index in [9.17, 15) is 10.2 Å². The van der Waals surface area contributed by atoms with Crippen LogP contribution in [0.25, 0.3) is 0 Å². The van der Waals surface area contributed by atoms with Gasteiger partial charge in [-0.25, -0.2) is 0 Å². The number of hydrogen-bond acceptors (Lipinski definition) is 6. The van der Waals surface area contributed by atoms with Crippen LogP contribution in [0.5, 0.6) is 0 Å². The van der Waals surface area contributed by atoms with Crippen LogP contribution in [-0.2, 0) is 4.74 Å². The number of hydrogen-bond donors (Lipinski definition) is 3. The number of nitrogens with one attached hydrogen (secondary N) is 1. The van der Waals surface area contributed by atoms with Gasteiger partial charge in [-0.2, -0.15) is 0 Å². The molecule has 1 fully saturated rings. The summed E-state index contributed by atoms with van der Waals surface area (Å²) < 4.78 is 5.60. The molecule has 0 spiro atoms. The summed E-state index contributed by atoms with van der Waals surface area (Å²) in [6, 6.07) is -0.398. The summed E-state index contributed by atoms with van der Waals surface area (Å²) in [6.45, 7) is 6.33. The number of nitrogens with zero attached hydrogens (tertiary/aromatic N) is 1. The van der Waals surface area contributed by atoms with E-state index < -0.39 is 24.4 Å². The highest BCUT2D eigenvalue weighted by Gasteiger charge is 2.47. The first-order chi connectivity index (χ1) is 7.67. The standard InChI is InChI=1S/C10H16N2O3S/c1-3-5-7(13)8(14)6-9(15-5)16-10(12-6)11-4-2/h3,5-9,13-14H,1,4H2,2H3,(H,11,12). The maximum atomic E-state index is 9.91. The summed E-state index contributed by atoms with van der Waals surface area (Å²) in [5.41, 5.74) is -0.240. The molecule has 0 amide bonds. The predicted octanol–water partition coefficient (Wildman–Crippen LogP) is -0.300. The third-order valence-electron chi connectivity index (χ3n) is 2.66. The lowest BCUT2D eigenvalue weighted by atomic mass is 9.98. The van der Waals surface area contributed by atoms with Gasteiger partial charge < -0.3 is 20.3 Å². The van der Waals surface area contributed by atoms with E-state index in [4.69, 9.17) is 4.74 Å². The Bertz CT molecular complexity index is 310. The summed E-state index contributed by atoms with van der Waals surface area (Å²) in [5.74, 6) is 0. The van der Waals surface area contributed by atoms with E-state index in [0.717, 1.165) is 11.7 Å². The molecule has 5 atom stereocenters. The second-order valence-corrected chi connectivity index (χ2v) is 4.85. The topological polar surface area (TPSA) is 74.1 Å². The third-order valence-corrected chi connectivity index (χ3v) is 3.76. The number of aliphatic hydroxyl groups is 2. The van der Waals surface area contributed by atoms with Gasteiger partial charge in [0.05, 0.1) is 0 Å². The van der Waals surface area contributed by atoms with Crippen LogP contribution in [0, 0.1) is 0 Å². The Balaban J connectivity index is 2.10. The minimum atomic E-state index is -0.955. The lowest BCUT2D eigenvalue weighted by Gasteiger charge is -2.36. The lowest BCUT2D eigenvalue weighted by molar-refractivity contribution is -0.135. The minimum Gasteiger partial charge on any atom is -0.388 e. The molecule has 2 rings (SSSR count). The molecular formula is C10H16N2O3S. The number of aliphatic imine (C=N–C) groups is 1. The molecule has 16 heavy (non-hydrogen) atoms. The largest absolute Gasteiger partial charge is 0.388 e. The van der Waals surface area contributed by atoms with Gasteiger partial charge in [-0.1, -0.05) is 17.8 Å². The Kier molecular flexibility index (Phi) is 3.53.